The van der Waals surface area contributed by atoms with Gasteiger partial charge in [0.25, 0.3) is 5.91 Å². The number of nitrogens with zero attached hydrogens (tertiary/aromatic N) is 1. The standard InChI is InChI=1S/C24H18FNO4/c1-14-2-4-15(5-3-14)20-21(16-6-8-17(9-7-16)24(29)30)26(23(28)22(20)27)19-12-10-18(25)11-13-19/h2-13,21,27H,1H3,(H,29,30)/t21-/m1/s1. The highest BCUT2D eigenvalue weighted by atomic mass is 19.1. The van der Waals surface area contributed by atoms with Gasteiger partial charge in [0.2, 0.25) is 0 Å². The summed E-state index contributed by atoms with van der Waals surface area (Å²) < 4.78 is 13.4. The van der Waals surface area contributed by atoms with E-state index in [1.165, 1.54) is 41.3 Å². The highest BCUT2D eigenvalue weighted by Gasteiger charge is 2.42. The van der Waals surface area contributed by atoms with Crippen molar-refractivity contribution >= 4 is 23.1 Å². The number of aliphatic hydroxyl groups excluding tert-OH is 1. The van der Waals surface area contributed by atoms with Crippen LogP contribution in [-0.4, -0.2) is 22.1 Å². The van der Waals surface area contributed by atoms with Gasteiger partial charge in [-0.25, -0.2) is 9.18 Å². The smallest absolute Gasteiger partial charge is 0.335 e. The minimum absolute atomic E-state index is 0.112. The first-order chi connectivity index (χ1) is 14.4. The molecule has 0 radical (unpaired) electrons. The van der Waals surface area contributed by atoms with Crippen LogP contribution in [0.2, 0.25) is 0 Å². The van der Waals surface area contributed by atoms with Gasteiger partial charge in [0.1, 0.15) is 5.82 Å². The van der Waals surface area contributed by atoms with Crippen molar-refractivity contribution in [2.24, 2.45) is 0 Å². The maximum atomic E-state index is 13.4. The predicted octanol–water partition coefficient (Wildman–Crippen LogP) is 4.89. The van der Waals surface area contributed by atoms with E-state index >= 15 is 0 Å². The van der Waals surface area contributed by atoms with Crippen LogP contribution in [0.15, 0.2) is 78.6 Å². The zero-order valence-corrected chi connectivity index (χ0v) is 16.0. The molecule has 6 heteroatoms. The third-order valence-corrected chi connectivity index (χ3v) is 5.15. The topological polar surface area (TPSA) is 77.8 Å². The molecule has 1 heterocycles. The molecule has 0 spiro atoms. The zero-order valence-electron chi connectivity index (χ0n) is 16.0. The molecule has 1 aliphatic heterocycles. The van der Waals surface area contributed by atoms with Crippen LogP contribution in [0.3, 0.4) is 0 Å². The molecule has 1 atom stereocenters. The van der Waals surface area contributed by atoms with Crippen molar-refractivity contribution in [1.82, 2.24) is 0 Å². The number of carboxylic acid groups (broad SMARTS) is 1. The van der Waals surface area contributed by atoms with Crippen molar-refractivity contribution in [2.75, 3.05) is 4.90 Å². The van der Waals surface area contributed by atoms with Gasteiger partial charge in [-0.15, -0.1) is 0 Å². The zero-order chi connectivity index (χ0) is 21.4. The number of hydrogen-bond acceptors (Lipinski definition) is 3. The quantitative estimate of drug-likeness (QED) is 0.650. The molecule has 5 nitrogen and oxygen atoms in total. The summed E-state index contributed by atoms with van der Waals surface area (Å²) in [5.74, 6) is -2.50. The maximum Gasteiger partial charge on any atom is 0.335 e. The van der Waals surface area contributed by atoms with Gasteiger partial charge in [-0.1, -0.05) is 42.0 Å². The van der Waals surface area contributed by atoms with Crippen LogP contribution in [0.5, 0.6) is 0 Å². The van der Waals surface area contributed by atoms with Gasteiger partial charge in [0.15, 0.2) is 5.76 Å². The minimum Gasteiger partial charge on any atom is -0.503 e. The highest BCUT2D eigenvalue weighted by Crippen LogP contribution is 2.45. The van der Waals surface area contributed by atoms with Crippen LogP contribution in [0.4, 0.5) is 10.1 Å². The molecule has 0 saturated heterocycles. The van der Waals surface area contributed by atoms with Crippen molar-refractivity contribution < 1.29 is 24.2 Å². The lowest BCUT2D eigenvalue weighted by molar-refractivity contribution is -0.117. The second kappa shape index (κ2) is 7.48. The Kier molecular flexibility index (Phi) is 4.83. The highest BCUT2D eigenvalue weighted by molar-refractivity contribution is 6.16. The lowest BCUT2D eigenvalue weighted by atomic mass is 9.92. The van der Waals surface area contributed by atoms with E-state index in [0.29, 0.717) is 22.4 Å². The van der Waals surface area contributed by atoms with E-state index < -0.39 is 29.5 Å². The molecule has 1 amide bonds. The Bertz CT molecular complexity index is 1150. The Labute approximate surface area is 172 Å². The van der Waals surface area contributed by atoms with Gasteiger partial charge in [-0.2, -0.15) is 0 Å². The summed E-state index contributed by atoms with van der Waals surface area (Å²) >= 11 is 0. The third-order valence-electron chi connectivity index (χ3n) is 5.15. The van der Waals surface area contributed by atoms with Gasteiger partial charge >= 0.3 is 5.97 Å². The van der Waals surface area contributed by atoms with Gasteiger partial charge < -0.3 is 10.2 Å². The van der Waals surface area contributed by atoms with Crippen molar-refractivity contribution in [2.45, 2.75) is 13.0 Å². The molecule has 0 saturated carbocycles. The number of carbonyl (C=O) groups is 2. The number of carbonyl (C=O) groups excluding carboxylic acids is 1. The van der Waals surface area contributed by atoms with E-state index in [-0.39, 0.29) is 5.56 Å². The van der Waals surface area contributed by atoms with Gasteiger partial charge in [0.05, 0.1) is 11.6 Å². The molecular formula is C24H18FNO4. The molecule has 0 aromatic heterocycles. The number of amides is 1. The number of aliphatic hydroxyl groups is 1. The SMILES string of the molecule is Cc1ccc(C2=C(O)C(=O)N(c3ccc(F)cc3)[C@@H]2c2ccc(C(=O)O)cc2)cc1. The Morgan fingerprint density at radius 3 is 2.10 bits per heavy atom. The Hall–Kier alpha value is -3.93. The molecule has 1 aliphatic rings. The number of anilines is 1. The van der Waals surface area contributed by atoms with Crippen molar-refractivity contribution in [1.29, 1.82) is 0 Å². The first-order valence-electron chi connectivity index (χ1n) is 9.29. The predicted molar refractivity (Wildman–Crippen MR) is 111 cm³/mol. The van der Waals surface area contributed by atoms with Gasteiger partial charge in [-0.05, 0) is 54.4 Å². The van der Waals surface area contributed by atoms with E-state index in [2.05, 4.69) is 0 Å². The fourth-order valence-corrected chi connectivity index (χ4v) is 3.62. The third kappa shape index (κ3) is 3.33. The monoisotopic (exact) mass is 403 g/mol. The number of benzene rings is 3. The minimum atomic E-state index is -1.06. The molecule has 3 aromatic carbocycles. The summed E-state index contributed by atoms with van der Waals surface area (Å²) in [5.41, 5.74) is 3.26. The normalized spacial score (nSPS) is 16.3. The molecule has 30 heavy (non-hydrogen) atoms. The van der Waals surface area contributed by atoms with Crippen LogP contribution in [0.25, 0.3) is 5.57 Å². The maximum absolute atomic E-state index is 13.4. The van der Waals surface area contributed by atoms with Gasteiger partial charge in [0, 0.05) is 11.3 Å². The molecule has 0 unspecified atom stereocenters. The summed E-state index contributed by atoms with van der Waals surface area (Å²) in [7, 11) is 0. The fraction of sp³-hybridized carbons (Fsp3) is 0.0833. The van der Waals surface area contributed by atoms with Crippen LogP contribution in [0.1, 0.15) is 33.1 Å². The lowest BCUT2D eigenvalue weighted by Gasteiger charge is -2.27. The average Bonchev–Trinajstić information content (AvgIpc) is 3.00. The lowest BCUT2D eigenvalue weighted by Crippen LogP contribution is -2.30. The number of carboxylic acids is 1. The molecular weight excluding hydrogens is 385 g/mol. The summed E-state index contributed by atoms with van der Waals surface area (Å²) in [6.07, 6.45) is 0. The summed E-state index contributed by atoms with van der Waals surface area (Å²) in [4.78, 5) is 25.6. The second-order valence-corrected chi connectivity index (χ2v) is 7.11. The summed E-state index contributed by atoms with van der Waals surface area (Å²) in [6.45, 7) is 1.94. The summed E-state index contributed by atoms with van der Waals surface area (Å²) in [6, 6.07) is 18.3. The van der Waals surface area contributed by atoms with Crippen molar-refractivity contribution in [3.8, 4) is 0 Å². The Morgan fingerprint density at radius 2 is 1.53 bits per heavy atom. The van der Waals surface area contributed by atoms with Crippen LogP contribution in [0, 0.1) is 12.7 Å². The van der Waals surface area contributed by atoms with E-state index in [1.807, 2.05) is 31.2 Å². The number of halogens is 1. The van der Waals surface area contributed by atoms with E-state index in [9.17, 15) is 24.2 Å². The van der Waals surface area contributed by atoms with Crippen LogP contribution in [-0.2, 0) is 4.79 Å². The molecule has 0 fully saturated rings. The number of aryl methyl sites for hydroxylation is 1. The largest absolute Gasteiger partial charge is 0.503 e. The molecule has 0 aliphatic carbocycles. The number of aromatic carboxylic acids is 1. The van der Waals surface area contributed by atoms with E-state index in [0.717, 1.165) is 5.56 Å². The van der Waals surface area contributed by atoms with Gasteiger partial charge in [-0.3, -0.25) is 9.69 Å². The number of hydrogen-bond donors (Lipinski definition) is 2. The first kappa shape index (κ1) is 19.4. The van der Waals surface area contributed by atoms with Crippen LogP contribution >= 0.6 is 0 Å². The number of rotatable bonds is 4. The molecule has 150 valence electrons. The van der Waals surface area contributed by atoms with Crippen molar-refractivity contribution in [3.63, 3.8) is 0 Å². The fourth-order valence-electron chi connectivity index (χ4n) is 3.62. The average molecular weight is 403 g/mol. The van der Waals surface area contributed by atoms with E-state index in [1.54, 1.807) is 12.1 Å². The molecule has 4 rings (SSSR count). The molecule has 2 N–H and O–H groups in total. The Balaban J connectivity index is 1.88. The van der Waals surface area contributed by atoms with E-state index in [4.69, 9.17) is 0 Å². The first-order valence-corrected chi connectivity index (χ1v) is 9.29. The molecule has 3 aromatic rings. The summed E-state index contributed by atoms with van der Waals surface area (Å²) in [5, 5.41) is 19.9. The van der Waals surface area contributed by atoms with Crippen molar-refractivity contribution in [3.05, 3.63) is 107 Å². The Morgan fingerprint density at radius 1 is 0.933 bits per heavy atom. The molecule has 0 bridgehead atoms. The van der Waals surface area contributed by atoms with Crippen LogP contribution < -0.4 is 4.90 Å². The second-order valence-electron chi connectivity index (χ2n) is 7.11.